The molecule has 112 valence electrons. The topological polar surface area (TPSA) is 44.9 Å². The zero-order valence-electron chi connectivity index (χ0n) is 11.7. The molecule has 4 rings (SSSR count). The zero-order valence-corrected chi connectivity index (χ0v) is 14.1. The lowest BCUT2D eigenvalue weighted by Crippen LogP contribution is -2.57. The van der Waals surface area contributed by atoms with Crippen molar-refractivity contribution in [2.45, 2.75) is 30.8 Å². The minimum absolute atomic E-state index is 0.0356. The minimum Gasteiger partial charge on any atom is -0.369 e. The van der Waals surface area contributed by atoms with Gasteiger partial charge in [-0.2, -0.15) is 0 Å². The molecule has 2 unspecified atom stereocenters. The highest BCUT2D eigenvalue weighted by Gasteiger charge is 2.56. The molecular formula is C15H18BrClN4. The summed E-state index contributed by atoms with van der Waals surface area (Å²) in [6.45, 7) is 3.17. The van der Waals surface area contributed by atoms with Crippen LogP contribution >= 0.6 is 27.5 Å². The Bertz CT molecular complexity index is 620. The molecule has 0 aliphatic carbocycles. The van der Waals surface area contributed by atoms with Crippen molar-refractivity contribution >= 4 is 39.2 Å². The molecule has 1 aromatic carbocycles. The largest absolute Gasteiger partial charge is 0.369 e. The standard InChI is InChI=1S/C15H18BrClN4/c16-11-8-10(3-4-12(11)17)21-14(18)19-9-15(21)5-7-20-6-1-2-13(15)20/h3-4,8,13H,1-2,5-7,9H2,(H2,18,19). The van der Waals surface area contributed by atoms with Crippen molar-refractivity contribution in [1.82, 2.24) is 4.90 Å². The molecule has 2 fully saturated rings. The Hall–Kier alpha value is -0.780. The number of rotatable bonds is 1. The first-order valence-electron chi connectivity index (χ1n) is 7.41. The van der Waals surface area contributed by atoms with Crippen LogP contribution in [0.4, 0.5) is 5.69 Å². The monoisotopic (exact) mass is 368 g/mol. The number of fused-ring (bicyclic) bond motifs is 2. The lowest BCUT2D eigenvalue weighted by Gasteiger charge is -2.40. The zero-order chi connectivity index (χ0) is 14.6. The van der Waals surface area contributed by atoms with E-state index >= 15 is 0 Å². The third-order valence-corrected chi connectivity index (χ3v) is 6.38. The summed E-state index contributed by atoms with van der Waals surface area (Å²) in [6, 6.07) is 6.58. The quantitative estimate of drug-likeness (QED) is 0.828. The van der Waals surface area contributed by atoms with E-state index in [4.69, 9.17) is 17.3 Å². The van der Waals surface area contributed by atoms with Crippen molar-refractivity contribution in [3.05, 3.63) is 27.7 Å². The van der Waals surface area contributed by atoms with Crippen molar-refractivity contribution in [1.29, 1.82) is 0 Å². The van der Waals surface area contributed by atoms with Gasteiger partial charge in [-0.05, 0) is 59.9 Å². The predicted molar refractivity (Wildman–Crippen MR) is 90.1 cm³/mol. The van der Waals surface area contributed by atoms with Crippen LogP contribution in [0.3, 0.4) is 0 Å². The summed E-state index contributed by atoms with van der Waals surface area (Å²) in [7, 11) is 0. The Morgan fingerprint density at radius 3 is 3.05 bits per heavy atom. The van der Waals surface area contributed by atoms with E-state index in [9.17, 15) is 0 Å². The normalized spacial score (nSPS) is 32.0. The molecular weight excluding hydrogens is 352 g/mol. The van der Waals surface area contributed by atoms with Gasteiger partial charge >= 0.3 is 0 Å². The lowest BCUT2D eigenvalue weighted by molar-refractivity contribution is 0.274. The van der Waals surface area contributed by atoms with Gasteiger partial charge in [-0.25, -0.2) is 0 Å². The second-order valence-corrected chi connectivity index (χ2v) is 7.42. The van der Waals surface area contributed by atoms with Crippen molar-refractivity contribution in [2.24, 2.45) is 10.7 Å². The number of halogens is 2. The first-order chi connectivity index (χ1) is 10.1. The molecule has 2 N–H and O–H groups in total. The number of anilines is 1. The molecule has 3 heterocycles. The smallest absolute Gasteiger partial charge is 0.196 e. The second kappa shape index (κ2) is 4.86. The van der Waals surface area contributed by atoms with Gasteiger partial charge in [0.15, 0.2) is 5.96 Å². The van der Waals surface area contributed by atoms with E-state index in [0.29, 0.717) is 12.0 Å². The molecule has 4 nitrogen and oxygen atoms in total. The van der Waals surface area contributed by atoms with Crippen molar-refractivity contribution in [3.63, 3.8) is 0 Å². The molecule has 2 atom stereocenters. The summed E-state index contributed by atoms with van der Waals surface area (Å²) in [6.07, 6.45) is 3.65. The molecule has 3 aliphatic rings. The number of nitrogens with two attached hydrogens (primary N) is 1. The predicted octanol–water partition coefficient (Wildman–Crippen LogP) is 2.84. The molecule has 6 heteroatoms. The fourth-order valence-electron chi connectivity index (χ4n) is 4.25. The lowest BCUT2D eigenvalue weighted by atomic mass is 9.87. The Morgan fingerprint density at radius 2 is 2.24 bits per heavy atom. The average molecular weight is 370 g/mol. The molecule has 0 amide bonds. The van der Waals surface area contributed by atoms with Crippen LogP contribution < -0.4 is 10.6 Å². The van der Waals surface area contributed by atoms with E-state index in [1.807, 2.05) is 12.1 Å². The maximum atomic E-state index is 6.25. The average Bonchev–Trinajstić information content (AvgIpc) is 3.12. The van der Waals surface area contributed by atoms with Crippen LogP contribution in [0, 0.1) is 0 Å². The van der Waals surface area contributed by atoms with Crippen molar-refractivity contribution in [2.75, 3.05) is 24.5 Å². The van der Waals surface area contributed by atoms with E-state index in [1.54, 1.807) is 0 Å². The van der Waals surface area contributed by atoms with Gasteiger partial charge < -0.3 is 10.6 Å². The summed E-state index contributed by atoms with van der Waals surface area (Å²) in [5.41, 5.74) is 7.36. The first kappa shape index (κ1) is 13.9. The second-order valence-electron chi connectivity index (χ2n) is 6.16. The van der Waals surface area contributed by atoms with Gasteiger partial charge in [0, 0.05) is 22.7 Å². The van der Waals surface area contributed by atoms with Crippen LogP contribution in [-0.4, -0.2) is 42.1 Å². The maximum absolute atomic E-state index is 6.25. The molecule has 0 saturated carbocycles. The Kier molecular flexibility index (Phi) is 3.21. The van der Waals surface area contributed by atoms with E-state index < -0.39 is 0 Å². The number of aliphatic imine (C=N–C) groups is 1. The molecule has 0 aromatic heterocycles. The fraction of sp³-hybridized carbons (Fsp3) is 0.533. The van der Waals surface area contributed by atoms with Crippen LogP contribution in [0.15, 0.2) is 27.7 Å². The highest BCUT2D eigenvalue weighted by atomic mass is 79.9. The van der Waals surface area contributed by atoms with Crippen LogP contribution in [0.2, 0.25) is 5.02 Å². The summed E-state index contributed by atoms with van der Waals surface area (Å²) in [4.78, 5) is 9.44. The number of hydrogen-bond acceptors (Lipinski definition) is 4. The highest BCUT2D eigenvalue weighted by Crippen LogP contribution is 2.45. The molecule has 1 spiro atoms. The summed E-state index contributed by atoms with van der Waals surface area (Å²) < 4.78 is 0.901. The fourth-order valence-corrected chi connectivity index (χ4v) is 4.74. The van der Waals surface area contributed by atoms with Gasteiger partial charge in [-0.1, -0.05) is 11.6 Å². The maximum Gasteiger partial charge on any atom is 0.196 e. The summed E-state index contributed by atoms with van der Waals surface area (Å²) in [5.74, 6) is 0.637. The van der Waals surface area contributed by atoms with E-state index in [2.05, 4.69) is 36.8 Å². The van der Waals surface area contributed by atoms with Gasteiger partial charge in [-0.15, -0.1) is 0 Å². The van der Waals surface area contributed by atoms with Gasteiger partial charge in [0.1, 0.15) is 0 Å². The van der Waals surface area contributed by atoms with E-state index in [1.165, 1.54) is 19.4 Å². The molecule has 21 heavy (non-hydrogen) atoms. The Balaban J connectivity index is 1.77. The van der Waals surface area contributed by atoms with Crippen LogP contribution in [0.25, 0.3) is 0 Å². The molecule has 2 saturated heterocycles. The summed E-state index contributed by atoms with van der Waals surface area (Å²) in [5, 5.41) is 0.719. The molecule has 3 aliphatic heterocycles. The van der Waals surface area contributed by atoms with E-state index in [0.717, 1.165) is 34.7 Å². The number of nitrogens with zero attached hydrogens (tertiary/aromatic N) is 3. The summed E-state index contributed by atoms with van der Waals surface area (Å²) >= 11 is 9.65. The van der Waals surface area contributed by atoms with Gasteiger partial charge in [0.05, 0.1) is 17.1 Å². The van der Waals surface area contributed by atoms with Crippen LogP contribution in [-0.2, 0) is 0 Å². The molecule has 1 aromatic rings. The Labute approximate surface area is 138 Å². The third kappa shape index (κ3) is 1.94. The molecule has 0 bridgehead atoms. The minimum atomic E-state index is 0.0356. The van der Waals surface area contributed by atoms with Crippen LogP contribution in [0.1, 0.15) is 19.3 Å². The third-order valence-electron chi connectivity index (χ3n) is 5.17. The number of guanidine groups is 1. The van der Waals surface area contributed by atoms with Crippen LogP contribution in [0.5, 0.6) is 0 Å². The SMILES string of the molecule is NC1=NCC2(CCN3CCCC32)N1c1ccc(Cl)c(Br)c1. The van der Waals surface area contributed by atoms with Gasteiger partial charge in [-0.3, -0.25) is 9.89 Å². The van der Waals surface area contributed by atoms with Crippen molar-refractivity contribution < 1.29 is 0 Å². The number of hydrogen-bond donors (Lipinski definition) is 1. The van der Waals surface area contributed by atoms with Gasteiger partial charge in [0.25, 0.3) is 0 Å². The van der Waals surface area contributed by atoms with Gasteiger partial charge in [0.2, 0.25) is 0 Å². The highest BCUT2D eigenvalue weighted by molar-refractivity contribution is 9.10. The number of benzene rings is 1. The van der Waals surface area contributed by atoms with E-state index in [-0.39, 0.29) is 5.54 Å². The molecule has 0 radical (unpaired) electrons. The van der Waals surface area contributed by atoms with Crippen molar-refractivity contribution in [3.8, 4) is 0 Å². The Morgan fingerprint density at radius 1 is 1.38 bits per heavy atom. The first-order valence-corrected chi connectivity index (χ1v) is 8.58.